The number of fused-ring (bicyclic) bond motifs is 2. The van der Waals surface area contributed by atoms with Crippen LogP contribution in [0.1, 0.15) is 4.88 Å². The molecule has 5 heteroatoms. The molecule has 0 bridgehead atoms. The molecule has 2 aromatic rings. The quantitative estimate of drug-likeness (QED) is 0.457. The molecule has 0 unspecified atom stereocenters. The Kier molecular flexibility index (Phi) is 1.78. The third kappa shape index (κ3) is 1.32. The Balaban J connectivity index is 2.20. The van der Waals surface area contributed by atoms with E-state index in [1.54, 1.807) is 11.3 Å². The molecule has 1 aromatic heterocycles. The Labute approximate surface area is 89.3 Å². The fraction of sp³-hybridized carbons (Fsp3) is 0.100. The topological polar surface area (TPSA) is 51.1 Å². The van der Waals surface area contributed by atoms with Crippen molar-refractivity contribution in [3.8, 4) is 11.5 Å². The van der Waals surface area contributed by atoms with Gasteiger partial charge in [0, 0.05) is 15.6 Å². The van der Waals surface area contributed by atoms with Crippen molar-refractivity contribution in [1.82, 2.24) is 0 Å². The van der Waals surface area contributed by atoms with Crippen molar-refractivity contribution in [2.45, 2.75) is 0 Å². The van der Waals surface area contributed by atoms with Crippen molar-refractivity contribution in [1.29, 1.82) is 0 Å². The van der Waals surface area contributed by atoms with Gasteiger partial charge in [0.2, 0.25) is 6.79 Å². The van der Waals surface area contributed by atoms with Gasteiger partial charge in [-0.05, 0) is 17.5 Å². The van der Waals surface area contributed by atoms with Crippen molar-refractivity contribution in [3.05, 3.63) is 23.1 Å². The number of rotatable bonds is 1. The Morgan fingerprint density at radius 1 is 1.27 bits per heavy atom. The molecule has 2 heterocycles. The van der Waals surface area contributed by atoms with E-state index in [1.165, 1.54) is 6.21 Å². The minimum atomic E-state index is 0.289. The van der Waals surface area contributed by atoms with E-state index in [-0.39, 0.29) is 6.79 Å². The number of hydrogen-bond donors (Lipinski definition) is 1. The SMILES string of the molecule is O/N=C/c1cc2cc3c(cc2s1)OCO3. The predicted molar refractivity (Wildman–Crippen MR) is 57.3 cm³/mol. The van der Waals surface area contributed by atoms with E-state index < -0.39 is 0 Å². The van der Waals surface area contributed by atoms with Gasteiger partial charge in [-0.25, -0.2) is 0 Å². The van der Waals surface area contributed by atoms with E-state index in [1.807, 2.05) is 18.2 Å². The number of thiophene rings is 1. The Hall–Kier alpha value is -1.75. The average molecular weight is 221 g/mol. The molecule has 1 aliphatic heterocycles. The predicted octanol–water partition coefficient (Wildman–Crippen LogP) is 2.44. The molecule has 0 fully saturated rings. The zero-order valence-electron chi connectivity index (χ0n) is 7.64. The molecule has 4 nitrogen and oxygen atoms in total. The maximum atomic E-state index is 8.44. The number of benzene rings is 1. The smallest absolute Gasteiger partial charge is 0.231 e. The molecule has 0 aliphatic carbocycles. The summed E-state index contributed by atoms with van der Waals surface area (Å²) in [7, 11) is 0. The van der Waals surface area contributed by atoms with Crippen LogP contribution in [0.3, 0.4) is 0 Å². The zero-order chi connectivity index (χ0) is 10.3. The van der Waals surface area contributed by atoms with Crippen molar-refractivity contribution < 1.29 is 14.7 Å². The summed E-state index contributed by atoms with van der Waals surface area (Å²) in [6, 6.07) is 5.82. The van der Waals surface area contributed by atoms with Crippen LogP contribution in [0.2, 0.25) is 0 Å². The standard InChI is InChI=1S/C10H7NO3S/c12-11-4-7-1-6-2-8-9(14-5-13-8)3-10(6)15-7/h1-4,12H,5H2/b11-4+. The van der Waals surface area contributed by atoms with E-state index in [0.717, 1.165) is 26.5 Å². The molecule has 1 N–H and O–H groups in total. The largest absolute Gasteiger partial charge is 0.454 e. The molecule has 76 valence electrons. The highest BCUT2D eigenvalue weighted by Gasteiger charge is 2.15. The fourth-order valence-corrected chi connectivity index (χ4v) is 2.51. The van der Waals surface area contributed by atoms with E-state index in [0.29, 0.717) is 0 Å². The van der Waals surface area contributed by atoms with Crippen molar-refractivity contribution in [3.63, 3.8) is 0 Å². The first-order chi connectivity index (χ1) is 7.36. The molecule has 1 aliphatic rings. The van der Waals surface area contributed by atoms with Gasteiger partial charge < -0.3 is 14.7 Å². The molecule has 3 rings (SSSR count). The van der Waals surface area contributed by atoms with Gasteiger partial charge in [0.25, 0.3) is 0 Å². The average Bonchev–Trinajstić information content (AvgIpc) is 2.78. The van der Waals surface area contributed by atoms with Crippen LogP contribution in [0.4, 0.5) is 0 Å². The van der Waals surface area contributed by atoms with Crippen LogP contribution in [0.25, 0.3) is 10.1 Å². The molecular weight excluding hydrogens is 214 g/mol. The molecule has 0 amide bonds. The Bertz CT molecular complexity index is 506. The van der Waals surface area contributed by atoms with Crippen LogP contribution in [0.5, 0.6) is 11.5 Å². The van der Waals surface area contributed by atoms with Crippen LogP contribution in [0.15, 0.2) is 23.4 Å². The molecule has 0 atom stereocenters. The van der Waals surface area contributed by atoms with Gasteiger partial charge in [0.05, 0.1) is 6.21 Å². The molecular formula is C10H7NO3S. The highest BCUT2D eigenvalue weighted by atomic mass is 32.1. The summed E-state index contributed by atoms with van der Waals surface area (Å²) >= 11 is 1.54. The minimum Gasteiger partial charge on any atom is -0.454 e. The summed E-state index contributed by atoms with van der Waals surface area (Å²) in [4.78, 5) is 0.899. The monoisotopic (exact) mass is 221 g/mol. The lowest BCUT2D eigenvalue weighted by Crippen LogP contribution is -1.92. The molecule has 0 saturated heterocycles. The van der Waals surface area contributed by atoms with Crippen LogP contribution in [-0.2, 0) is 0 Å². The Morgan fingerprint density at radius 2 is 2.07 bits per heavy atom. The summed E-state index contributed by atoms with van der Waals surface area (Å²) in [5, 5.41) is 12.5. The summed E-state index contributed by atoms with van der Waals surface area (Å²) < 4.78 is 11.6. The highest BCUT2D eigenvalue weighted by Crippen LogP contribution is 2.38. The second-order valence-corrected chi connectivity index (χ2v) is 4.25. The van der Waals surface area contributed by atoms with Gasteiger partial charge in [0.1, 0.15) is 0 Å². The second kappa shape index (κ2) is 3.13. The van der Waals surface area contributed by atoms with Gasteiger partial charge in [-0.1, -0.05) is 5.16 Å². The van der Waals surface area contributed by atoms with Crippen LogP contribution < -0.4 is 9.47 Å². The number of hydrogen-bond acceptors (Lipinski definition) is 5. The maximum absolute atomic E-state index is 8.44. The first-order valence-electron chi connectivity index (χ1n) is 4.37. The van der Waals surface area contributed by atoms with E-state index >= 15 is 0 Å². The third-order valence-electron chi connectivity index (χ3n) is 2.22. The summed E-state index contributed by atoms with van der Waals surface area (Å²) in [5.41, 5.74) is 0. The lowest BCUT2D eigenvalue weighted by atomic mass is 10.2. The van der Waals surface area contributed by atoms with Gasteiger partial charge in [0.15, 0.2) is 11.5 Å². The summed E-state index contributed by atoms with van der Waals surface area (Å²) in [6.07, 6.45) is 1.41. The zero-order valence-corrected chi connectivity index (χ0v) is 8.45. The molecule has 0 spiro atoms. The number of nitrogens with zero attached hydrogens (tertiary/aromatic N) is 1. The van der Waals surface area contributed by atoms with E-state index in [2.05, 4.69) is 5.16 Å². The lowest BCUT2D eigenvalue weighted by Gasteiger charge is -1.94. The number of ether oxygens (including phenoxy) is 2. The van der Waals surface area contributed by atoms with E-state index in [9.17, 15) is 0 Å². The van der Waals surface area contributed by atoms with Gasteiger partial charge in [-0.3, -0.25) is 0 Å². The highest BCUT2D eigenvalue weighted by molar-refractivity contribution is 7.20. The van der Waals surface area contributed by atoms with Crippen molar-refractivity contribution >= 4 is 27.6 Å². The molecule has 1 aromatic carbocycles. The molecule has 0 saturated carbocycles. The fourth-order valence-electron chi connectivity index (χ4n) is 1.57. The normalized spacial score (nSPS) is 14.1. The minimum absolute atomic E-state index is 0.289. The molecule has 15 heavy (non-hydrogen) atoms. The van der Waals surface area contributed by atoms with Crippen molar-refractivity contribution in [2.24, 2.45) is 5.16 Å². The summed E-state index contributed by atoms with van der Waals surface area (Å²) in [5.74, 6) is 1.55. The van der Waals surface area contributed by atoms with Gasteiger partial charge in [-0.15, -0.1) is 11.3 Å². The first kappa shape index (κ1) is 8.55. The second-order valence-electron chi connectivity index (χ2n) is 3.14. The van der Waals surface area contributed by atoms with Gasteiger partial charge in [-0.2, -0.15) is 0 Å². The maximum Gasteiger partial charge on any atom is 0.231 e. The van der Waals surface area contributed by atoms with Gasteiger partial charge >= 0.3 is 0 Å². The summed E-state index contributed by atoms with van der Waals surface area (Å²) in [6.45, 7) is 0.289. The van der Waals surface area contributed by atoms with Crippen molar-refractivity contribution in [2.75, 3.05) is 6.79 Å². The van der Waals surface area contributed by atoms with Crippen LogP contribution in [0, 0.1) is 0 Å². The van der Waals surface area contributed by atoms with Crippen LogP contribution in [-0.4, -0.2) is 18.2 Å². The lowest BCUT2D eigenvalue weighted by molar-refractivity contribution is 0.174. The number of oxime groups is 1. The third-order valence-corrected chi connectivity index (χ3v) is 3.25. The van der Waals surface area contributed by atoms with E-state index in [4.69, 9.17) is 14.7 Å². The van der Waals surface area contributed by atoms with Crippen LogP contribution >= 0.6 is 11.3 Å². The molecule has 0 radical (unpaired) electrons. The first-order valence-corrected chi connectivity index (χ1v) is 5.19. The Morgan fingerprint density at radius 3 is 2.87 bits per heavy atom.